The molecule has 23 heavy (non-hydrogen) atoms. The van der Waals surface area contributed by atoms with E-state index in [-0.39, 0.29) is 12.0 Å². The molecule has 1 aromatic rings. The van der Waals surface area contributed by atoms with Crippen LogP contribution in [-0.2, 0) is 4.74 Å². The average Bonchev–Trinajstić information content (AvgIpc) is 2.52. The summed E-state index contributed by atoms with van der Waals surface area (Å²) in [5.74, 6) is 0.564. The van der Waals surface area contributed by atoms with E-state index in [2.05, 4.69) is 11.1 Å². The van der Waals surface area contributed by atoms with Crippen LogP contribution in [0.2, 0.25) is 0 Å². The van der Waals surface area contributed by atoms with Gasteiger partial charge in [-0.2, -0.15) is 5.26 Å². The topological polar surface area (TPSA) is 75.4 Å². The molecule has 0 N–H and O–H groups in total. The molecule has 1 saturated heterocycles. The molecule has 1 amide bonds. The summed E-state index contributed by atoms with van der Waals surface area (Å²) >= 11 is 0. The van der Waals surface area contributed by atoms with Gasteiger partial charge < -0.3 is 14.4 Å². The number of rotatable bonds is 3. The van der Waals surface area contributed by atoms with Gasteiger partial charge in [-0.3, -0.25) is 0 Å². The summed E-state index contributed by atoms with van der Waals surface area (Å²) in [4.78, 5) is 18.0. The van der Waals surface area contributed by atoms with Crippen molar-refractivity contribution < 1.29 is 14.3 Å². The maximum Gasteiger partial charge on any atom is 0.410 e. The Labute approximate surface area is 137 Å². The second-order valence-corrected chi connectivity index (χ2v) is 6.71. The van der Waals surface area contributed by atoms with Gasteiger partial charge in [0, 0.05) is 25.2 Å². The van der Waals surface area contributed by atoms with Crippen LogP contribution in [0.3, 0.4) is 0 Å². The van der Waals surface area contributed by atoms with Crippen LogP contribution in [0.4, 0.5) is 4.79 Å². The molecule has 2 heterocycles. The van der Waals surface area contributed by atoms with Crippen molar-refractivity contribution in [3.63, 3.8) is 0 Å². The summed E-state index contributed by atoms with van der Waals surface area (Å²) < 4.78 is 11.1. The van der Waals surface area contributed by atoms with E-state index < -0.39 is 5.60 Å². The number of pyridine rings is 1. The lowest BCUT2D eigenvalue weighted by atomic mass is 9.99. The average molecular weight is 317 g/mol. The third kappa shape index (κ3) is 5.13. The van der Waals surface area contributed by atoms with E-state index in [9.17, 15) is 4.79 Å². The first kappa shape index (κ1) is 17.1. The summed E-state index contributed by atoms with van der Waals surface area (Å²) in [6, 6.07) is 5.45. The molecule has 0 unspecified atom stereocenters. The number of aromatic nitrogens is 1. The Bertz CT molecular complexity index is 589. The van der Waals surface area contributed by atoms with Crippen LogP contribution in [0.25, 0.3) is 0 Å². The highest BCUT2D eigenvalue weighted by molar-refractivity contribution is 5.68. The number of ether oxygens (including phenoxy) is 2. The molecule has 2 rings (SSSR count). The molecule has 1 aliphatic heterocycles. The highest BCUT2D eigenvalue weighted by Gasteiger charge is 2.28. The lowest BCUT2D eigenvalue weighted by Crippen LogP contribution is -2.44. The number of amides is 1. The number of likely N-dealkylation sites (tertiary alicyclic amines) is 1. The van der Waals surface area contributed by atoms with E-state index in [0.29, 0.717) is 31.1 Å². The van der Waals surface area contributed by atoms with Gasteiger partial charge in [0.1, 0.15) is 17.2 Å². The number of nitrogens with zero attached hydrogens (tertiary/aromatic N) is 3. The van der Waals surface area contributed by atoms with Crippen molar-refractivity contribution in [1.29, 1.82) is 5.26 Å². The first-order chi connectivity index (χ1) is 10.9. The number of nitriles is 1. The highest BCUT2D eigenvalue weighted by atomic mass is 16.6. The standard InChI is InChI=1S/C17H23N3O3/c1-17(2,3)23-16(21)20-9-5-6-13(11-20)12-22-15-14(10-18)7-4-8-19-15/h4,7-8,13H,5-6,9,11-12H2,1-3H3/t13-/m0/s1. The molecule has 124 valence electrons. The zero-order chi connectivity index (χ0) is 16.9. The first-order valence-corrected chi connectivity index (χ1v) is 7.85. The van der Waals surface area contributed by atoms with Gasteiger partial charge in [-0.1, -0.05) is 0 Å². The van der Waals surface area contributed by atoms with E-state index >= 15 is 0 Å². The minimum absolute atomic E-state index is 0.213. The Hall–Kier alpha value is -2.29. The van der Waals surface area contributed by atoms with Gasteiger partial charge in [0.2, 0.25) is 5.88 Å². The highest BCUT2D eigenvalue weighted by Crippen LogP contribution is 2.21. The minimum atomic E-state index is -0.490. The molecule has 0 bridgehead atoms. The predicted octanol–water partition coefficient (Wildman–Crippen LogP) is 2.98. The molecular formula is C17H23N3O3. The molecule has 0 radical (unpaired) electrons. The van der Waals surface area contributed by atoms with Crippen molar-refractivity contribution in [2.75, 3.05) is 19.7 Å². The number of hydrogen-bond donors (Lipinski definition) is 0. The maximum absolute atomic E-state index is 12.1. The third-order valence-electron chi connectivity index (χ3n) is 3.52. The SMILES string of the molecule is CC(C)(C)OC(=O)N1CCC[C@H](COc2ncccc2C#N)C1. The number of piperidine rings is 1. The van der Waals surface area contributed by atoms with Crippen LogP contribution in [0, 0.1) is 17.2 Å². The summed E-state index contributed by atoms with van der Waals surface area (Å²) in [7, 11) is 0. The van der Waals surface area contributed by atoms with E-state index in [1.807, 2.05) is 20.8 Å². The van der Waals surface area contributed by atoms with Crippen LogP contribution in [-0.4, -0.2) is 41.3 Å². The Morgan fingerprint density at radius 3 is 3.00 bits per heavy atom. The summed E-state index contributed by atoms with van der Waals surface area (Å²) in [6.45, 7) is 7.33. The van der Waals surface area contributed by atoms with Crippen LogP contribution in [0.5, 0.6) is 5.88 Å². The molecule has 0 aromatic carbocycles. The van der Waals surface area contributed by atoms with Crippen molar-refractivity contribution in [3.8, 4) is 11.9 Å². The van der Waals surface area contributed by atoms with Crippen molar-refractivity contribution >= 4 is 6.09 Å². The molecule has 1 aliphatic rings. The molecular weight excluding hydrogens is 294 g/mol. The van der Waals surface area contributed by atoms with Crippen LogP contribution in [0.1, 0.15) is 39.2 Å². The fourth-order valence-corrected chi connectivity index (χ4v) is 2.48. The molecule has 0 saturated carbocycles. The van der Waals surface area contributed by atoms with Gasteiger partial charge in [0.15, 0.2) is 0 Å². The lowest BCUT2D eigenvalue weighted by molar-refractivity contribution is 0.0138. The molecule has 1 fully saturated rings. The van der Waals surface area contributed by atoms with Gasteiger partial charge in [-0.15, -0.1) is 0 Å². The second kappa shape index (κ2) is 7.32. The maximum atomic E-state index is 12.1. The summed E-state index contributed by atoms with van der Waals surface area (Å²) in [6.07, 6.45) is 3.22. The van der Waals surface area contributed by atoms with Crippen molar-refractivity contribution in [3.05, 3.63) is 23.9 Å². The fraction of sp³-hybridized carbons (Fsp3) is 0.588. The van der Waals surface area contributed by atoms with Crippen molar-refractivity contribution in [2.45, 2.75) is 39.2 Å². The number of carbonyl (C=O) groups is 1. The Morgan fingerprint density at radius 1 is 1.52 bits per heavy atom. The fourth-order valence-electron chi connectivity index (χ4n) is 2.48. The largest absolute Gasteiger partial charge is 0.476 e. The van der Waals surface area contributed by atoms with Gasteiger partial charge >= 0.3 is 6.09 Å². The van der Waals surface area contributed by atoms with Gasteiger partial charge in [-0.05, 0) is 45.7 Å². The zero-order valence-electron chi connectivity index (χ0n) is 13.9. The quantitative estimate of drug-likeness (QED) is 0.856. The van der Waals surface area contributed by atoms with Crippen LogP contribution < -0.4 is 4.74 Å². The van der Waals surface area contributed by atoms with Crippen LogP contribution in [0.15, 0.2) is 18.3 Å². The van der Waals surface area contributed by atoms with Gasteiger partial charge in [0.05, 0.1) is 6.61 Å². The molecule has 0 spiro atoms. The molecule has 6 heteroatoms. The van der Waals surface area contributed by atoms with Gasteiger partial charge in [-0.25, -0.2) is 9.78 Å². The summed E-state index contributed by atoms with van der Waals surface area (Å²) in [5.41, 5.74) is -0.0665. The number of hydrogen-bond acceptors (Lipinski definition) is 5. The van der Waals surface area contributed by atoms with Gasteiger partial charge in [0.25, 0.3) is 0 Å². The second-order valence-electron chi connectivity index (χ2n) is 6.71. The Balaban J connectivity index is 1.89. The van der Waals surface area contributed by atoms with Crippen LogP contribution >= 0.6 is 0 Å². The molecule has 6 nitrogen and oxygen atoms in total. The zero-order valence-corrected chi connectivity index (χ0v) is 13.9. The van der Waals surface area contributed by atoms with E-state index in [0.717, 1.165) is 12.8 Å². The smallest absolute Gasteiger partial charge is 0.410 e. The van der Waals surface area contributed by atoms with Crippen molar-refractivity contribution in [1.82, 2.24) is 9.88 Å². The molecule has 1 aromatic heterocycles. The monoisotopic (exact) mass is 317 g/mol. The van der Waals surface area contributed by atoms with Crippen molar-refractivity contribution in [2.24, 2.45) is 5.92 Å². The Kier molecular flexibility index (Phi) is 5.43. The third-order valence-corrected chi connectivity index (χ3v) is 3.52. The Morgan fingerprint density at radius 2 is 2.30 bits per heavy atom. The summed E-state index contributed by atoms with van der Waals surface area (Å²) in [5, 5.41) is 9.04. The first-order valence-electron chi connectivity index (χ1n) is 7.85. The molecule has 1 atom stereocenters. The number of carbonyl (C=O) groups excluding carboxylic acids is 1. The normalized spacial score (nSPS) is 18.2. The van der Waals surface area contributed by atoms with E-state index in [1.54, 1.807) is 23.2 Å². The molecule has 0 aliphatic carbocycles. The van der Waals surface area contributed by atoms with E-state index in [1.165, 1.54) is 0 Å². The lowest BCUT2D eigenvalue weighted by Gasteiger charge is -2.33. The minimum Gasteiger partial charge on any atom is -0.476 e. The van der Waals surface area contributed by atoms with E-state index in [4.69, 9.17) is 14.7 Å². The predicted molar refractivity (Wildman–Crippen MR) is 85.0 cm³/mol.